The minimum Gasteiger partial charge on any atom is -0.444 e. The van der Waals surface area contributed by atoms with Gasteiger partial charge in [-0.2, -0.15) is 0 Å². The number of amides is 2. The summed E-state index contributed by atoms with van der Waals surface area (Å²) in [5.41, 5.74) is -0.571. The number of carbonyl (C=O) groups excluding carboxylic acids is 2. The Kier molecular flexibility index (Phi) is 6.28. The van der Waals surface area contributed by atoms with E-state index in [0.717, 1.165) is 26.1 Å². The summed E-state index contributed by atoms with van der Waals surface area (Å²) in [5, 5.41) is 2.26. The molecule has 0 aromatic heterocycles. The van der Waals surface area contributed by atoms with Gasteiger partial charge in [0.1, 0.15) is 5.60 Å². The first-order valence-corrected chi connectivity index (χ1v) is 7.12. The highest BCUT2D eigenvalue weighted by atomic mass is 16.6. The minimum atomic E-state index is -0.657. The van der Waals surface area contributed by atoms with Crippen molar-refractivity contribution in [2.45, 2.75) is 58.5 Å². The molecule has 19 heavy (non-hydrogen) atoms. The molecule has 110 valence electrons. The second kappa shape index (κ2) is 7.48. The second-order valence-corrected chi connectivity index (χ2v) is 6.06. The Morgan fingerprint density at radius 2 is 1.79 bits per heavy atom. The van der Waals surface area contributed by atoms with E-state index in [1.807, 2.05) is 0 Å². The molecule has 1 aliphatic rings. The molecule has 2 amide bonds. The van der Waals surface area contributed by atoms with Gasteiger partial charge in [-0.15, -0.1) is 0 Å². The first kappa shape index (κ1) is 16.0. The summed E-state index contributed by atoms with van der Waals surface area (Å²) in [7, 11) is 0. The summed E-state index contributed by atoms with van der Waals surface area (Å²) in [5.74, 6) is -0.258. The van der Waals surface area contributed by atoms with Crippen molar-refractivity contribution >= 4 is 12.0 Å². The third-order valence-electron chi connectivity index (χ3n) is 2.97. The van der Waals surface area contributed by atoms with Crippen LogP contribution in [0.25, 0.3) is 0 Å². The lowest BCUT2D eigenvalue weighted by molar-refractivity contribution is -0.120. The Balaban J connectivity index is 2.12. The van der Waals surface area contributed by atoms with E-state index < -0.39 is 11.7 Å². The molecular weight excluding hydrogens is 244 g/mol. The second-order valence-electron chi connectivity index (χ2n) is 6.06. The van der Waals surface area contributed by atoms with E-state index in [1.165, 1.54) is 19.3 Å². The molecule has 0 unspecified atom stereocenters. The van der Waals surface area contributed by atoms with Crippen molar-refractivity contribution in [3.05, 3.63) is 0 Å². The SMILES string of the molecule is CC(C)(C)OC(=O)NC(=O)CCCN1CCCCC1. The van der Waals surface area contributed by atoms with Crippen LogP contribution in [0.1, 0.15) is 52.9 Å². The van der Waals surface area contributed by atoms with Gasteiger partial charge in [-0.3, -0.25) is 10.1 Å². The Bertz CT molecular complexity index is 304. The fourth-order valence-electron chi connectivity index (χ4n) is 2.13. The molecule has 0 aliphatic carbocycles. The van der Waals surface area contributed by atoms with Crippen LogP contribution in [0.15, 0.2) is 0 Å². The molecule has 1 aliphatic heterocycles. The molecule has 1 saturated heterocycles. The molecule has 5 nitrogen and oxygen atoms in total. The lowest BCUT2D eigenvalue weighted by atomic mass is 10.1. The van der Waals surface area contributed by atoms with Gasteiger partial charge in [0.2, 0.25) is 5.91 Å². The fraction of sp³-hybridized carbons (Fsp3) is 0.857. The topological polar surface area (TPSA) is 58.6 Å². The number of hydrogen-bond donors (Lipinski definition) is 1. The van der Waals surface area contributed by atoms with Crippen LogP contribution in [-0.4, -0.2) is 42.1 Å². The van der Waals surface area contributed by atoms with Crippen molar-refractivity contribution < 1.29 is 14.3 Å². The number of alkyl carbamates (subject to hydrolysis) is 1. The van der Waals surface area contributed by atoms with Crippen molar-refractivity contribution in [3.63, 3.8) is 0 Å². The van der Waals surface area contributed by atoms with Crippen LogP contribution in [0.4, 0.5) is 4.79 Å². The maximum absolute atomic E-state index is 11.6. The van der Waals surface area contributed by atoms with Gasteiger partial charge < -0.3 is 9.64 Å². The quantitative estimate of drug-likeness (QED) is 0.851. The number of nitrogens with one attached hydrogen (secondary N) is 1. The Hall–Kier alpha value is -1.10. The molecule has 0 atom stereocenters. The molecule has 1 N–H and O–H groups in total. The van der Waals surface area contributed by atoms with Crippen LogP contribution < -0.4 is 5.32 Å². The average Bonchev–Trinajstić information content (AvgIpc) is 2.27. The first-order valence-electron chi connectivity index (χ1n) is 7.12. The van der Waals surface area contributed by atoms with Crippen molar-refractivity contribution in [3.8, 4) is 0 Å². The van der Waals surface area contributed by atoms with Gasteiger partial charge >= 0.3 is 6.09 Å². The third-order valence-corrected chi connectivity index (χ3v) is 2.97. The average molecular weight is 270 g/mol. The van der Waals surface area contributed by atoms with Crippen LogP contribution in [0.3, 0.4) is 0 Å². The highest BCUT2D eigenvalue weighted by Crippen LogP contribution is 2.09. The number of ether oxygens (including phenoxy) is 1. The molecule has 0 aromatic rings. The maximum Gasteiger partial charge on any atom is 0.414 e. The third kappa shape index (κ3) is 7.82. The molecule has 0 saturated carbocycles. The van der Waals surface area contributed by atoms with Gasteiger partial charge in [0.05, 0.1) is 0 Å². The summed E-state index contributed by atoms with van der Waals surface area (Å²) in [6.45, 7) is 8.51. The zero-order valence-corrected chi connectivity index (χ0v) is 12.3. The smallest absolute Gasteiger partial charge is 0.414 e. The van der Waals surface area contributed by atoms with Crippen LogP contribution in [0.2, 0.25) is 0 Å². The number of nitrogens with zero attached hydrogens (tertiary/aromatic N) is 1. The number of piperidine rings is 1. The molecule has 1 rings (SSSR count). The molecule has 0 bridgehead atoms. The van der Waals surface area contributed by atoms with Crippen molar-refractivity contribution in [1.29, 1.82) is 0 Å². The number of imide groups is 1. The Morgan fingerprint density at radius 3 is 2.37 bits per heavy atom. The van der Waals surface area contributed by atoms with E-state index in [2.05, 4.69) is 10.2 Å². The summed E-state index contributed by atoms with van der Waals surface area (Å²) < 4.78 is 5.02. The Morgan fingerprint density at radius 1 is 1.16 bits per heavy atom. The highest BCUT2D eigenvalue weighted by Gasteiger charge is 2.18. The summed E-state index contributed by atoms with van der Waals surface area (Å²) in [6.07, 6.45) is 4.32. The Labute approximate surface area is 115 Å². The van der Waals surface area contributed by atoms with Crippen molar-refractivity contribution in [2.24, 2.45) is 0 Å². The highest BCUT2D eigenvalue weighted by molar-refractivity contribution is 5.91. The summed E-state index contributed by atoms with van der Waals surface area (Å²) >= 11 is 0. The molecule has 1 heterocycles. The van der Waals surface area contributed by atoms with E-state index in [0.29, 0.717) is 6.42 Å². The predicted molar refractivity (Wildman–Crippen MR) is 73.9 cm³/mol. The zero-order chi connectivity index (χ0) is 14.3. The summed E-state index contributed by atoms with van der Waals surface area (Å²) in [4.78, 5) is 25.3. The number of rotatable bonds is 4. The van der Waals surface area contributed by atoms with Gasteiger partial charge in [0.15, 0.2) is 0 Å². The minimum absolute atomic E-state index is 0.258. The van der Waals surface area contributed by atoms with Crippen LogP contribution in [0, 0.1) is 0 Å². The standard InChI is InChI=1S/C14H26N2O3/c1-14(2,3)19-13(18)15-12(17)8-7-11-16-9-5-4-6-10-16/h4-11H2,1-3H3,(H,15,17,18). The first-order chi connectivity index (χ1) is 8.87. The maximum atomic E-state index is 11.6. The van der Waals surface area contributed by atoms with Gasteiger partial charge in [-0.05, 0) is 59.7 Å². The fourth-order valence-corrected chi connectivity index (χ4v) is 2.13. The van der Waals surface area contributed by atoms with Gasteiger partial charge in [0, 0.05) is 6.42 Å². The zero-order valence-electron chi connectivity index (χ0n) is 12.3. The number of hydrogen-bond acceptors (Lipinski definition) is 4. The normalized spacial score (nSPS) is 17.0. The molecule has 1 fully saturated rings. The number of carbonyl (C=O) groups is 2. The number of likely N-dealkylation sites (tertiary alicyclic amines) is 1. The van der Waals surface area contributed by atoms with Crippen molar-refractivity contribution in [1.82, 2.24) is 10.2 Å². The van der Waals surface area contributed by atoms with Crippen molar-refractivity contribution in [2.75, 3.05) is 19.6 Å². The van der Waals surface area contributed by atoms with E-state index in [4.69, 9.17) is 4.74 Å². The lowest BCUT2D eigenvalue weighted by Gasteiger charge is -2.26. The monoisotopic (exact) mass is 270 g/mol. The van der Waals surface area contributed by atoms with Crippen LogP contribution >= 0.6 is 0 Å². The van der Waals surface area contributed by atoms with E-state index in [-0.39, 0.29) is 5.91 Å². The largest absolute Gasteiger partial charge is 0.444 e. The molecule has 5 heteroatoms. The van der Waals surface area contributed by atoms with Crippen LogP contribution in [-0.2, 0) is 9.53 Å². The van der Waals surface area contributed by atoms with Crippen LogP contribution in [0.5, 0.6) is 0 Å². The lowest BCUT2D eigenvalue weighted by Crippen LogP contribution is -2.37. The van der Waals surface area contributed by atoms with Gasteiger partial charge in [0.25, 0.3) is 0 Å². The van der Waals surface area contributed by atoms with Gasteiger partial charge in [-0.1, -0.05) is 6.42 Å². The predicted octanol–water partition coefficient (Wildman–Crippen LogP) is 2.30. The van der Waals surface area contributed by atoms with Gasteiger partial charge in [-0.25, -0.2) is 4.79 Å². The molecular formula is C14H26N2O3. The van der Waals surface area contributed by atoms with E-state index in [1.54, 1.807) is 20.8 Å². The van der Waals surface area contributed by atoms with E-state index >= 15 is 0 Å². The van der Waals surface area contributed by atoms with E-state index in [9.17, 15) is 9.59 Å². The molecule has 0 radical (unpaired) electrons. The molecule has 0 aromatic carbocycles. The molecule has 0 spiro atoms. The summed E-state index contributed by atoms with van der Waals surface area (Å²) in [6, 6.07) is 0.